The average molecular weight is 462 g/mol. The predicted molar refractivity (Wildman–Crippen MR) is 114 cm³/mol. The van der Waals surface area contributed by atoms with E-state index in [1.54, 1.807) is 35.7 Å². The predicted octanol–water partition coefficient (Wildman–Crippen LogP) is 3.82. The highest BCUT2D eigenvalue weighted by Gasteiger charge is 2.29. The first kappa shape index (κ1) is 21.5. The van der Waals surface area contributed by atoms with Crippen LogP contribution in [-0.2, 0) is 14.8 Å². The van der Waals surface area contributed by atoms with E-state index in [4.69, 9.17) is 23.2 Å². The summed E-state index contributed by atoms with van der Waals surface area (Å²) in [5.74, 6) is -0.179. The molecule has 0 bridgehead atoms. The van der Waals surface area contributed by atoms with Gasteiger partial charge in [-0.2, -0.15) is 0 Å². The van der Waals surface area contributed by atoms with Gasteiger partial charge in [0.1, 0.15) is 4.21 Å². The van der Waals surface area contributed by atoms with Crippen LogP contribution in [0.1, 0.15) is 19.8 Å². The largest absolute Gasteiger partial charge is 0.323 e. The van der Waals surface area contributed by atoms with E-state index in [0.29, 0.717) is 45.9 Å². The van der Waals surface area contributed by atoms with Gasteiger partial charge in [0.25, 0.3) is 0 Å². The Labute approximate surface area is 178 Å². The number of halogens is 2. The minimum Gasteiger partial charge on any atom is -0.323 e. The summed E-state index contributed by atoms with van der Waals surface area (Å²) in [6, 6.07) is 7.88. The number of benzene rings is 1. The molecule has 1 aromatic carbocycles. The van der Waals surface area contributed by atoms with Crippen molar-refractivity contribution < 1.29 is 13.2 Å². The van der Waals surface area contributed by atoms with Gasteiger partial charge in [0.2, 0.25) is 15.9 Å². The third-order valence-corrected chi connectivity index (χ3v) is 8.48. The number of carbonyl (C=O) groups excluding carboxylic acids is 1. The Kier molecular flexibility index (Phi) is 7.01. The van der Waals surface area contributed by atoms with E-state index in [1.807, 2.05) is 11.8 Å². The maximum atomic E-state index is 12.6. The molecule has 0 radical (unpaired) electrons. The molecule has 1 atom stereocenters. The second-order valence-corrected chi connectivity index (χ2v) is 10.3. The molecule has 1 saturated heterocycles. The molecule has 1 amide bonds. The van der Waals surface area contributed by atoms with Crippen molar-refractivity contribution in [2.45, 2.75) is 36.1 Å². The standard InChI is InChI=1S/C18H21Cl2N3O3S2/c1-12(18(24)21-15-5-2-4-14(19)17(15)20)23-9-7-13(8-10-23)22-28(25,26)16-6-3-11-27-16/h2-6,11-13,22H,7-10H2,1H3,(H,21,24). The van der Waals surface area contributed by atoms with E-state index in [1.165, 1.54) is 11.3 Å². The zero-order valence-electron chi connectivity index (χ0n) is 15.2. The molecule has 0 aliphatic carbocycles. The molecule has 1 aromatic heterocycles. The van der Waals surface area contributed by atoms with Gasteiger partial charge in [-0.05, 0) is 43.3 Å². The molecule has 1 aliphatic rings. The van der Waals surface area contributed by atoms with Gasteiger partial charge in [-0.1, -0.05) is 35.3 Å². The maximum Gasteiger partial charge on any atom is 0.250 e. The van der Waals surface area contributed by atoms with Gasteiger partial charge in [0, 0.05) is 19.1 Å². The molecule has 152 valence electrons. The van der Waals surface area contributed by atoms with Crippen molar-refractivity contribution in [3.63, 3.8) is 0 Å². The molecule has 1 fully saturated rings. The van der Waals surface area contributed by atoms with E-state index in [2.05, 4.69) is 10.0 Å². The van der Waals surface area contributed by atoms with E-state index in [0.717, 1.165) is 0 Å². The van der Waals surface area contributed by atoms with Crippen LogP contribution in [0.3, 0.4) is 0 Å². The Hall–Kier alpha value is -1.16. The van der Waals surface area contributed by atoms with Crippen LogP contribution in [0.5, 0.6) is 0 Å². The molecular formula is C18H21Cl2N3O3S2. The van der Waals surface area contributed by atoms with Gasteiger partial charge in [-0.25, -0.2) is 13.1 Å². The number of anilines is 1. The number of carbonyl (C=O) groups is 1. The molecule has 2 heterocycles. The highest BCUT2D eigenvalue weighted by atomic mass is 35.5. The maximum absolute atomic E-state index is 12.6. The summed E-state index contributed by atoms with van der Waals surface area (Å²) in [6.07, 6.45) is 1.28. The Morgan fingerprint density at radius 1 is 1.21 bits per heavy atom. The minimum absolute atomic E-state index is 0.138. The van der Waals surface area contributed by atoms with Crippen molar-refractivity contribution >= 4 is 56.2 Å². The first-order chi connectivity index (χ1) is 13.3. The number of nitrogens with one attached hydrogen (secondary N) is 2. The van der Waals surface area contributed by atoms with Crippen LogP contribution in [0.2, 0.25) is 10.0 Å². The third kappa shape index (κ3) is 5.06. The Balaban J connectivity index is 1.54. The molecule has 6 nitrogen and oxygen atoms in total. The minimum atomic E-state index is -3.48. The lowest BCUT2D eigenvalue weighted by Crippen LogP contribution is -2.50. The lowest BCUT2D eigenvalue weighted by Gasteiger charge is -2.35. The van der Waals surface area contributed by atoms with Crippen LogP contribution in [0, 0.1) is 0 Å². The molecule has 0 saturated carbocycles. The summed E-state index contributed by atoms with van der Waals surface area (Å²) in [4.78, 5) is 14.6. The van der Waals surface area contributed by atoms with Crippen LogP contribution in [0.25, 0.3) is 0 Å². The fourth-order valence-corrected chi connectivity index (χ4v) is 5.76. The number of piperidine rings is 1. The lowest BCUT2D eigenvalue weighted by molar-refractivity contribution is -0.121. The number of likely N-dealkylation sites (tertiary alicyclic amines) is 1. The van der Waals surface area contributed by atoms with Gasteiger partial charge < -0.3 is 5.32 Å². The zero-order valence-corrected chi connectivity index (χ0v) is 18.3. The monoisotopic (exact) mass is 461 g/mol. The number of hydrogen-bond donors (Lipinski definition) is 2. The molecule has 3 rings (SSSR count). The Morgan fingerprint density at radius 2 is 1.93 bits per heavy atom. The lowest BCUT2D eigenvalue weighted by atomic mass is 10.0. The quantitative estimate of drug-likeness (QED) is 0.684. The fourth-order valence-electron chi connectivity index (χ4n) is 3.10. The smallest absolute Gasteiger partial charge is 0.250 e. The summed E-state index contributed by atoms with van der Waals surface area (Å²) >= 11 is 13.3. The highest BCUT2D eigenvalue weighted by Crippen LogP contribution is 2.30. The molecule has 2 aromatic rings. The topological polar surface area (TPSA) is 78.5 Å². The van der Waals surface area contributed by atoms with Gasteiger partial charge in [0.15, 0.2) is 0 Å². The van der Waals surface area contributed by atoms with Crippen molar-refractivity contribution in [2.75, 3.05) is 18.4 Å². The molecule has 1 unspecified atom stereocenters. The molecule has 0 spiro atoms. The zero-order chi connectivity index (χ0) is 20.3. The molecule has 1 aliphatic heterocycles. The van der Waals surface area contributed by atoms with Crippen LogP contribution < -0.4 is 10.0 Å². The third-order valence-electron chi connectivity index (χ3n) is 4.75. The molecular weight excluding hydrogens is 441 g/mol. The van der Waals surface area contributed by atoms with Crippen molar-refractivity contribution in [3.8, 4) is 0 Å². The summed E-state index contributed by atoms with van der Waals surface area (Å²) < 4.78 is 27.8. The second kappa shape index (κ2) is 9.11. The first-order valence-electron chi connectivity index (χ1n) is 8.82. The van der Waals surface area contributed by atoms with E-state index in [-0.39, 0.29) is 18.0 Å². The van der Waals surface area contributed by atoms with Crippen LogP contribution in [0.4, 0.5) is 5.69 Å². The van der Waals surface area contributed by atoms with Gasteiger partial charge in [-0.15, -0.1) is 11.3 Å². The van der Waals surface area contributed by atoms with Crippen molar-refractivity contribution in [3.05, 3.63) is 45.8 Å². The summed E-state index contributed by atoms with van der Waals surface area (Å²) in [6.45, 7) is 3.06. The SMILES string of the molecule is CC(C(=O)Nc1cccc(Cl)c1Cl)N1CCC(NS(=O)(=O)c2cccs2)CC1. The second-order valence-electron chi connectivity index (χ2n) is 6.63. The number of hydrogen-bond acceptors (Lipinski definition) is 5. The van der Waals surface area contributed by atoms with E-state index in [9.17, 15) is 13.2 Å². The van der Waals surface area contributed by atoms with E-state index < -0.39 is 10.0 Å². The average Bonchev–Trinajstić information content (AvgIpc) is 3.21. The van der Waals surface area contributed by atoms with E-state index >= 15 is 0 Å². The van der Waals surface area contributed by atoms with Crippen LogP contribution in [-0.4, -0.2) is 44.4 Å². The van der Waals surface area contributed by atoms with Crippen molar-refractivity contribution in [2.24, 2.45) is 0 Å². The molecule has 2 N–H and O–H groups in total. The normalized spacial score (nSPS) is 17.4. The molecule has 10 heteroatoms. The fraction of sp³-hybridized carbons (Fsp3) is 0.389. The summed E-state index contributed by atoms with van der Waals surface area (Å²) in [5.41, 5.74) is 0.476. The first-order valence-corrected chi connectivity index (χ1v) is 11.9. The van der Waals surface area contributed by atoms with Crippen LogP contribution in [0.15, 0.2) is 39.9 Å². The molecule has 28 heavy (non-hydrogen) atoms. The number of amides is 1. The van der Waals surface area contributed by atoms with Crippen molar-refractivity contribution in [1.29, 1.82) is 0 Å². The highest BCUT2D eigenvalue weighted by molar-refractivity contribution is 7.91. The van der Waals surface area contributed by atoms with Crippen molar-refractivity contribution in [1.82, 2.24) is 9.62 Å². The summed E-state index contributed by atoms with van der Waals surface area (Å²) in [5, 5.41) is 5.24. The summed E-state index contributed by atoms with van der Waals surface area (Å²) in [7, 11) is -3.48. The van der Waals surface area contributed by atoms with Gasteiger partial charge in [0.05, 0.1) is 21.8 Å². The number of sulfonamides is 1. The number of rotatable bonds is 6. The number of thiophene rings is 1. The van der Waals surface area contributed by atoms with Gasteiger partial charge >= 0.3 is 0 Å². The Bertz CT molecular complexity index is 928. The van der Waals surface area contributed by atoms with Gasteiger partial charge in [-0.3, -0.25) is 9.69 Å². The Morgan fingerprint density at radius 3 is 2.57 bits per heavy atom. The van der Waals surface area contributed by atoms with Crippen LogP contribution >= 0.6 is 34.5 Å². The number of nitrogens with zero attached hydrogens (tertiary/aromatic N) is 1.